The van der Waals surface area contributed by atoms with Crippen molar-refractivity contribution in [2.45, 2.75) is 63.4 Å². The van der Waals surface area contributed by atoms with Crippen LogP contribution in [0.15, 0.2) is 134 Å². The number of rotatable bonds is 15. The Labute approximate surface area is 249 Å². The van der Waals surface area contributed by atoms with E-state index in [0.29, 0.717) is 39.5 Å². The summed E-state index contributed by atoms with van der Waals surface area (Å²) >= 11 is 0. The fourth-order valence-electron chi connectivity index (χ4n) is 5.24. The molecule has 2 unspecified atom stereocenters. The Hall–Kier alpha value is -3.58. The van der Waals surface area contributed by atoms with Crippen molar-refractivity contribution >= 4 is 0 Å². The predicted octanol–water partition coefficient (Wildman–Crippen LogP) is 7.30. The quantitative estimate of drug-likeness (QED) is 0.142. The third-order valence-electron chi connectivity index (χ3n) is 7.38. The summed E-state index contributed by atoms with van der Waals surface area (Å²) in [5.74, 6) is 0. The first-order valence-electron chi connectivity index (χ1n) is 14.6. The monoisotopic (exact) mass is 564 g/mol. The topological polar surface area (TPSA) is 46.2 Å². The van der Waals surface area contributed by atoms with Crippen LogP contribution in [0.4, 0.5) is 0 Å². The Morgan fingerprint density at radius 1 is 0.500 bits per heavy atom. The van der Waals surface area contributed by atoms with Gasteiger partial charge in [0.05, 0.1) is 39.1 Å². The molecule has 218 valence electrons. The van der Waals surface area contributed by atoms with Gasteiger partial charge in [-0.05, 0) is 28.7 Å². The molecule has 0 radical (unpaired) electrons. The summed E-state index contributed by atoms with van der Waals surface area (Å²) in [6.07, 6.45) is 0.663. The van der Waals surface area contributed by atoms with E-state index in [4.69, 9.17) is 23.7 Å². The molecule has 1 aliphatic heterocycles. The first-order chi connectivity index (χ1) is 20.8. The van der Waals surface area contributed by atoms with Gasteiger partial charge in [-0.25, -0.2) is 0 Å². The molecule has 5 atom stereocenters. The van der Waals surface area contributed by atoms with Gasteiger partial charge in [0.2, 0.25) is 0 Å². The minimum absolute atomic E-state index is 0.270. The highest BCUT2D eigenvalue weighted by atomic mass is 16.6. The molecule has 4 aromatic carbocycles. The zero-order valence-electron chi connectivity index (χ0n) is 24.0. The molecular weight excluding hydrogens is 524 g/mol. The summed E-state index contributed by atoms with van der Waals surface area (Å²) in [7, 11) is 0. The molecule has 42 heavy (non-hydrogen) atoms. The van der Waals surface area contributed by atoms with E-state index in [0.717, 1.165) is 22.3 Å². The van der Waals surface area contributed by atoms with Gasteiger partial charge in [0, 0.05) is 0 Å². The fraction of sp³-hybridized carbons (Fsp3) is 0.297. The van der Waals surface area contributed by atoms with Crippen molar-refractivity contribution in [3.63, 3.8) is 0 Å². The molecule has 0 saturated carbocycles. The molecule has 0 aromatic heterocycles. The molecule has 1 fully saturated rings. The zero-order valence-corrected chi connectivity index (χ0v) is 24.0. The lowest BCUT2D eigenvalue weighted by Crippen LogP contribution is -2.61. The van der Waals surface area contributed by atoms with Crippen LogP contribution in [0, 0.1) is 0 Å². The number of benzene rings is 4. The number of hydrogen-bond acceptors (Lipinski definition) is 5. The van der Waals surface area contributed by atoms with Crippen LogP contribution in [0.25, 0.3) is 0 Å². The SMILES string of the molecule is C=CC[C@H]1OC(COCc2ccccc2)[C@H](OCc2ccccc2)[C@@H](OCc2ccccc2)C1OCc1ccccc1. The molecule has 1 aliphatic rings. The van der Waals surface area contributed by atoms with E-state index in [1.165, 1.54) is 0 Å². The van der Waals surface area contributed by atoms with Crippen LogP contribution in [-0.2, 0) is 50.1 Å². The largest absolute Gasteiger partial charge is 0.374 e. The first-order valence-corrected chi connectivity index (χ1v) is 14.6. The van der Waals surface area contributed by atoms with Crippen molar-refractivity contribution < 1.29 is 23.7 Å². The van der Waals surface area contributed by atoms with Gasteiger partial charge < -0.3 is 23.7 Å². The predicted molar refractivity (Wildman–Crippen MR) is 165 cm³/mol. The molecular formula is C37H40O5. The Bertz CT molecular complexity index is 1300. The second-order valence-electron chi connectivity index (χ2n) is 10.5. The molecule has 4 aromatic rings. The summed E-state index contributed by atoms with van der Waals surface area (Å²) in [4.78, 5) is 0. The summed E-state index contributed by atoms with van der Waals surface area (Å²) in [6, 6.07) is 40.7. The maximum Gasteiger partial charge on any atom is 0.115 e. The van der Waals surface area contributed by atoms with Crippen LogP contribution in [0.2, 0.25) is 0 Å². The van der Waals surface area contributed by atoms with E-state index < -0.39 is 12.2 Å². The minimum Gasteiger partial charge on any atom is -0.374 e. The van der Waals surface area contributed by atoms with Crippen LogP contribution in [0.3, 0.4) is 0 Å². The summed E-state index contributed by atoms with van der Waals surface area (Å²) in [6.45, 7) is 6.15. The average Bonchev–Trinajstić information content (AvgIpc) is 3.05. The second kappa shape index (κ2) is 16.2. The van der Waals surface area contributed by atoms with E-state index >= 15 is 0 Å². The number of hydrogen-bond donors (Lipinski definition) is 0. The lowest BCUT2D eigenvalue weighted by atomic mass is 9.92. The Morgan fingerprint density at radius 2 is 0.881 bits per heavy atom. The number of ether oxygens (including phenoxy) is 5. The normalized spacial score (nSPS) is 22.0. The highest BCUT2D eigenvalue weighted by Crippen LogP contribution is 2.32. The van der Waals surface area contributed by atoms with E-state index in [9.17, 15) is 0 Å². The van der Waals surface area contributed by atoms with Gasteiger partial charge in [-0.1, -0.05) is 127 Å². The van der Waals surface area contributed by atoms with Crippen molar-refractivity contribution in [3.05, 3.63) is 156 Å². The van der Waals surface area contributed by atoms with Gasteiger partial charge in [-0.2, -0.15) is 0 Å². The van der Waals surface area contributed by atoms with Gasteiger partial charge in [0.25, 0.3) is 0 Å². The van der Waals surface area contributed by atoms with Crippen LogP contribution >= 0.6 is 0 Å². The third kappa shape index (κ3) is 8.71. The molecule has 1 saturated heterocycles. The molecule has 0 bridgehead atoms. The zero-order chi connectivity index (χ0) is 28.8. The van der Waals surface area contributed by atoms with Crippen molar-refractivity contribution in [1.82, 2.24) is 0 Å². The van der Waals surface area contributed by atoms with Crippen LogP contribution in [0.1, 0.15) is 28.7 Å². The van der Waals surface area contributed by atoms with E-state index in [1.807, 2.05) is 78.9 Å². The van der Waals surface area contributed by atoms with Gasteiger partial charge in [0.15, 0.2) is 0 Å². The van der Waals surface area contributed by atoms with Crippen molar-refractivity contribution in [2.75, 3.05) is 6.61 Å². The molecule has 0 N–H and O–H groups in total. The van der Waals surface area contributed by atoms with Crippen LogP contribution < -0.4 is 0 Å². The average molecular weight is 565 g/mol. The van der Waals surface area contributed by atoms with Gasteiger partial charge >= 0.3 is 0 Å². The van der Waals surface area contributed by atoms with Gasteiger partial charge in [-0.15, -0.1) is 6.58 Å². The minimum atomic E-state index is -0.425. The van der Waals surface area contributed by atoms with Crippen molar-refractivity contribution in [1.29, 1.82) is 0 Å². The smallest absolute Gasteiger partial charge is 0.115 e. The van der Waals surface area contributed by atoms with Gasteiger partial charge in [0.1, 0.15) is 24.4 Å². The van der Waals surface area contributed by atoms with Crippen molar-refractivity contribution in [2.24, 2.45) is 0 Å². The lowest BCUT2D eigenvalue weighted by Gasteiger charge is -2.46. The maximum atomic E-state index is 6.72. The second-order valence-corrected chi connectivity index (χ2v) is 10.5. The van der Waals surface area contributed by atoms with Crippen LogP contribution in [0.5, 0.6) is 0 Å². The van der Waals surface area contributed by atoms with Gasteiger partial charge in [-0.3, -0.25) is 0 Å². The van der Waals surface area contributed by atoms with E-state index in [2.05, 4.69) is 55.1 Å². The standard InChI is InChI=1S/C37H40O5/c1-2-15-33-35(39-25-30-18-9-4-10-19-30)37(41-27-32-22-13-6-14-23-32)36(40-26-31-20-11-5-12-21-31)34(42-33)28-38-24-29-16-7-3-8-17-29/h2-14,16-23,33-37H,1,15,24-28H2/t33-,34?,35?,36+,37+/m1/s1. The highest BCUT2D eigenvalue weighted by molar-refractivity contribution is 5.16. The molecule has 0 spiro atoms. The third-order valence-corrected chi connectivity index (χ3v) is 7.38. The molecule has 1 heterocycles. The summed E-state index contributed by atoms with van der Waals surface area (Å²) in [5, 5.41) is 0. The molecule has 5 rings (SSSR count). The Kier molecular flexibility index (Phi) is 11.5. The van der Waals surface area contributed by atoms with Crippen molar-refractivity contribution in [3.8, 4) is 0 Å². The van der Waals surface area contributed by atoms with Crippen LogP contribution in [-0.4, -0.2) is 37.1 Å². The summed E-state index contributed by atoms with van der Waals surface area (Å²) < 4.78 is 32.9. The molecule has 0 aliphatic carbocycles. The Morgan fingerprint density at radius 3 is 1.31 bits per heavy atom. The molecule has 5 heteroatoms. The molecule has 0 amide bonds. The van der Waals surface area contributed by atoms with E-state index in [1.54, 1.807) is 0 Å². The van der Waals surface area contributed by atoms with E-state index in [-0.39, 0.29) is 18.3 Å². The fourth-order valence-corrected chi connectivity index (χ4v) is 5.24. The first kappa shape index (κ1) is 29.9. The highest BCUT2D eigenvalue weighted by Gasteiger charge is 2.48. The lowest BCUT2D eigenvalue weighted by molar-refractivity contribution is -0.271. The Balaban J connectivity index is 1.40. The summed E-state index contributed by atoms with van der Waals surface area (Å²) in [5.41, 5.74) is 4.37. The molecule has 5 nitrogen and oxygen atoms in total. The maximum absolute atomic E-state index is 6.72.